The van der Waals surface area contributed by atoms with E-state index in [4.69, 9.17) is 0 Å². The lowest BCUT2D eigenvalue weighted by Gasteiger charge is -2.60. The minimum atomic E-state index is -0.670. The molecule has 3 N–H and O–H groups in total. The van der Waals surface area contributed by atoms with E-state index in [0.717, 1.165) is 25.8 Å². The molecule has 0 aliphatic heterocycles. The molecule has 0 heterocycles. The Kier molecular flexibility index (Phi) is 6.76. The monoisotopic (exact) mass is 490 g/mol. The largest absolute Gasteiger partial charge is 0.508 e. The number of fused-ring (bicyclic) bond motifs is 1. The van der Waals surface area contributed by atoms with Crippen molar-refractivity contribution in [3.05, 3.63) is 65.2 Å². The lowest BCUT2D eigenvalue weighted by molar-refractivity contribution is -0.0519. The third-order valence-electron chi connectivity index (χ3n) is 10.5. The van der Waals surface area contributed by atoms with Crippen molar-refractivity contribution < 1.29 is 10.2 Å². The van der Waals surface area contributed by atoms with Crippen LogP contribution >= 0.6 is 0 Å². The second-order valence-electron chi connectivity index (χ2n) is 12.8. The molecule has 5 rings (SSSR count). The van der Waals surface area contributed by atoms with Crippen molar-refractivity contribution in [1.82, 2.24) is 10.2 Å². The highest BCUT2D eigenvalue weighted by Crippen LogP contribution is 2.72. The summed E-state index contributed by atoms with van der Waals surface area (Å²) in [5.41, 5.74) is 3.68. The second kappa shape index (κ2) is 9.45. The van der Waals surface area contributed by atoms with Crippen molar-refractivity contribution >= 4 is 0 Å². The minimum absolute atomic E-state index is 0.00259. The molecule has 0 aromatic heterocycles. The van der Waals surface area contributed by atoms with Crippen LogP contribution in [0.1, 0.15) is 76.0 Å². The molecular formula is C32H46N2O2. The molecule has 4 heteroatoms. The van der Waals surface area contributed by atoms with Gasteiger partial charge in [-0.3, -0.25) is 4.90 Å². The molecule has 6 atom stereocenters. The maximum Gasteiger partial charge on any atom is 0.115 e. The van der Waals surface area contributed by atoms with Gasteiger partial charge in [-0.05, 0) is 126 Å². The molecule has 1 spiro atoms. The van der Waals surface area contributed by atoms with Crippen LogP contribution in [-0.2, 0) is 18.4 Å². The van der Waals surface area contributed by atoms with Crippen LogP contribution < -0.4 is 5.32 Å². The maximum absolute atomic E-state index is 10.7. The molecule has 6 unspecified atom stereocenters. The molecule has 2 aromatic carbocycles. The van der Waals surface area contributed by atoms with Gasteiger partial charge in [-0.15, -0.1) is 0 Å². The van der Waals surface area contributed by atoms with Crippen LogP contribution in [0.4, 0.5) is 0 Å². The van der Waals surface area contributed by atoms with E-state index in [9.17, 15) is 10.2 Å². The maximum atomic E-state index is 10.7. The first kappa shape index (κ1) is 25.8. The first-order chi connectivity index (χ1) is 17.1. The SMILES string of the molecule is CNC(C)C12CCC(N(C)Cc3ccccc3)C(CC1)C21c2cc(O)ccc2CC1CCC(C)(C)O. The summed E-state index contributed by atoms with van der Waals surface area (Å²) in [6.45, 7) is 7.26. The van der Waals surface area contributed by atoms with E-state index in [1.54, 1.807) is 0 Å². The number of aromatic hydroxyl groups is 1. The van der Waals surface area contributed by atoms with Crippen LogP contribution in [0.2, 0.25) is 0 Å². The first-order valence-electron chi connectivity index (χ1n) is 14.1. The average molecular weight is 491 g/mol. The summed E-state index contributed by atoms with van der Waals surface area (Å²) in [4.78, 5) is 2.62. The predicted molar refractivity (Wildman–Crippen MR) is 147 cm³/mol. The number of benzene rings is 2. The van der Waals surface area contributed by atoms with Crippen molar-refractivity contribution in [2.75, 3.05) is 14.1 Å². The van der Waals surface area contributed by atoms with Crippen molar-refractivity contribution in [2.45, 2.75) is 95.4 Å². The Hall–Kier alpha value is -1.88. The second-order valence-corrected chi connectivity index (χ2v) is 12.8. The van der Waals surface area contributed by atoms with Crippen LogP contribution in [-0.4, -0.2) is 46.9 Å². The molecule has 2 saturated carbocycles. The zero-order valence-corrected chi connectivity index (χ0v) is 22.9. The molecule has 196 valence electrons. The molecule has 36 heavy (non-hydrogen) atoms. The Morgan fingerprint density at radius 2 is 1.83 bits per heavy atom. The molecule has 2 bridgehead atoms. The van der Waals surface area contributed by atoms with Gasteiger partial charge in [0.2, 0.25) is 0 Å². The Balaban J connectivity index is 1.62. The number of hydrogen-bond donors (Lipinski definition) is 3. The number of phenolic OH excluding ortho intramolecular Hbond substituents is 1. The van der Waals surface area contributed by atoms with E-state index < -0.39 is 5.60 Å². The molecule has 2 aromatic rings. The molecular weight excluding hydrogens is 444 g/mol. The van der Waals surface area contributed by atoms with Gasteiger partial charge in [-0.1, -0.05) is 36.4 Å². The van der Waals surface area contributed by atoms with Crippen molar-refractivity contribution in [2.24, 2.45) is 17.3 Å². The highest BCUT2D eigenvalue weighted by molar-refractivity contribution is 5.50. The number of nitrogens with one attached hydrogen (secondary N) is 1. The number of hydrogen-bond acceptors (Lipinski definition) is 4. The third kappa shape index (κ3) is 4.01. The summed E-state index contributed by atoms with van der Waals surface area (Å²) < 4.78 is 0. The Labute approximate surface area is 218 Å². The van der Waals surface area contributed by atoms with Gasteiger partial charge in [-0.25, -0.2) is 0 Å². The zero-order valence-electron chi connectivity index (χ0n) is 22.9. The molecule has 0 amide bonds. The highest BCUT2D eigenvalue weighted by atomic mass is 16.3. The van der Waals surface area contributed by atoms with E-state index in [1.165, 1.54) is 42.4 Å². The molecule has 4 nitrogen and oxygen atoms in total. The summed E-state index contributed by atoms with van der Waals surface area (Å²) in [5, 5.41) is 25.2. The summed E-state index contributed by atoms with van der Waals surface area (Å²) in [6, 6.07) is 17.9. The van der Waals surface area contributed by atoms with Gasteiger partial charge >= 0.3 is 0 Å². The van der Waals surface area contributed by atoms with Crippen LogP contribution in [0.15, 0.2) is 48.5 Å². The fourth-order valence-corrected chi connectivity index (χ4v) is 9.04. The molecule has 0 saturated heterocycles. The Morgan fingerprint density at radius 1 is 1.11 bits per heavy atom. The Morgan fingerprint density at radius 3 is 2.53 bits per heavy atom. The van der Waals surface area contributed by atoms with Gasteiger partial charge in [0, 0.05) is 24.0 Å². The van der Waals surface area contributed by atoms with E-state index in [1.807, 2.05) is 19.9 Å². The molecule has 3 aliphatic rings. The molecule has 2 fully saturated rings. The molecule has 0 radical (unpaired) electrons. The van der Waals surface area contributed by atoms with E-state index in [0.29, 0.717) is 29.7 Å². The van der Waals surface area contributed by atoms with Gasteiger partial charge in [-0.2, -0.15) is 0 Å². The van der Waals surface area contributed by atoms with Crippen LogP contribution in [0.25, 0.3) is 0 Å². The fourth-order valence-electron chi connectivity index (χ4n) is 9.04. The summed E-state index contributed by atoms with van der Waals surface area (Å²) in [5.74, 6) is 1.39. The van der Waals surface area contributed by atoms with Crippen molar-refractivity contribution in [1.29, 1.82) is 0 Å². The average Bonchev–Trinajstić information content (AvgIpc) is 3.26. The van der Waals surface area contributed by atoms with Crippen LogP contribution in [0.5, 0.6) is 5.75 Å². The van der Waals surface area contributed by atoms with Crippen molar-refractivity contribution in [3.63, 3.8) is 0 Å². The topological polar surface area (TPSA) is 55.7 Å². The van der Waals surface area contributed by atoms with E-state index in [-0.39, 0.29) is 10.8 Å². The minimum Gasteiger partial charge on any atom is -0.508 e. The predicted octanol–water partition coefficient (Wildman–Crippen LogP) is 5.65. The summed E-state index contributed by atoms with van der Waals surface area (Å²) in [6.07, 6.45) is 7.74. The summed E-state index contributed by atoms with van der Waals surface area (Å²) in [7, 11) is 4.45. The standard InChI is InChI=1S/C32H46N2O2/c1-22(33-4)31-17-14-27(29(15-18-31)34(5)21-23-9-7-6-8-10-23)32(31)25(13-16-30(2,3)36)19-24-11-12-26(35)20-28(24)32/h6-12,20,22,25,27,29,33,35-36H,13-19,21H2,1-5H3. The van der Waals surface area contributed by atoms with Crippen molar-refractivity contribution in [3.8, 4) is 5.75 Å². The number of aliphatic hydroxyl groups is 1. The zero-order chi connectivity index (χ0) is 25.7. The number of nitrogens with zero attached hydrogens (tertiary/aromatic N) is 1. The Bertz CT molecular complexity index is 1060. The van der Waals surface area contributed by atoms with Gasteiger partial charge < -0.3 is 15.5 Å². The lowest BCUT2D eigenvalue weighted by Crippen LogP contribution is -2.63. The number of phenols is 1. The van der Waals surface area contributed by atoms with Gasteiger partial charge in [0.1, 0.15) is 5.75 Å². The smallest absolute Gasteiger partial charge is 0.115 e. The van der Waals surface area contributed by atoms with E-state index >= 15 is 0 Å². The first-order valence-corrected chi connectivity index (χ1v) is 14.1. The lowest BCUT2D eigenvalue weighted by atomic mass is 9.47. The van der Waals surface area contributed by atoms with E-state index in [2.05, 4.69) is 73.7 Å². The van der Waals surface area contributed by atoms with Gasteiger partial charge in [0.15, 0.2) is 0 Å². The molecule has 3 aliphatic carbocycles. The van der Waals surface area contributed by atoms with Crippen LogP contribution in [0.3, 0.4) is 0 Å². The quantitative estimate of drug-likeness (QED) is 0.447. The number of rotatable bonds is 8. The fraction of sp³-hybridized carbons (Fsp3) is 0.625. The highest BCUT2D eigenvalue weighted by Gasteiger charge is 2.71. The van der Waals surface area contributed by atoms with Gasteiger partial charge in [0.25, 0.3) is 0 Å². The van der Waals surface area contributed by atoms with Gasteiger partial charge in [0.05, 0.1) is 5.60 Å². The summed E-state index contributed by atoms with van der Waals surface area (Å²) >= 11 is 0. The normalized spacial score (nSPS) is 32.2. The van der Waals surface area contributed by atoms with Crippen LogP contribution in [0, 0.1) is 17.3 Å². The third-order valence-corrected chi connectivity index (χ3v) is 10.5.